The first-order chi connectivity index (χ1) is 15.6. The van der Waals surface area contributed by atoms with Gasteiger partial charge in [-0.15, -0.1) is 0 Å². The average molecular weight is 428 g/mol. The molecule has 6 heteroatoms. The molecule has 1 aliphatic rings. The highest BCUT2D eigenvalue weighted by molar-refractivity contribution is 6.07. The normalized spacial score (nSPS) is 14.1. The fourth-order valence-corrected chi connectivity index (χ4v) is 4.18. The molecule has 1 saturated heterocycles. The number of hydrogen-bond donors (Lipinski definition) is 0. The minimum Gasteiger partial charge on any atom is -0.497 e. The Kier molecular flexibility index (Phi) is 5.27. The third-order valence-corrected chi connectivity index (χ3v) is 5.93. The summed E-state index contributed by atoms with van der Waals surface area (Å²) in [5, 5.41) is 0.784. The fraction of sp³-hybridized carbons (Fsp3) is 0.231. The van der Waals surface area contributed by atoms with E-state index >= 15 is 0 Å². The second-order valence-electron chi connectivity index (χ2n) is 7.96. The van der Waals surface area contributed by atoms with E-state index < -0.39 is 0 Å². The smallest absolute Gasteiger partial charge is 0.254 e. The second kappa shape index (κ2) is 8.38. The number of amides is 1. The second-order valence-corrected chi connectivity index (χ2v) is 7.96. The van der Waals surface area contributed by atoms with Gasteiger partial charge in [-0.2, -0.15) is 0 Å². The van der Waals surface area contributed by atoms with Crippen LogP contribution in [0.15, 0.2) is 71.1 Å². The van der Waals surface area contributed by atoms with Crippen LogP contribution in [-0.4, -0.2) is 49.1 Å². The number of pyridine rings is 1. The minimum atomic E-state index is 0.00268. The van der Waals surface area contributed by atoms with Crippen LogP contribution in [0.1, 0.15) is 16.1 Å². The molecule has 0 unspecified atom stereocenters. The molecule has 2 aromatic heterocycles. The summed E-state index contributed by atoms with van der Waals surface area (Å²) >= 11 is 0. The average Bonchev–Trinajstić information content (AvgIpc) is 3.29. The first-order valence-electron chi connectivity index (χ1n) is 10.8. The summed E-state index contributed by atoms with van der Waals surface area (Å²) < 4.78 is 11.2. The number of para-hydroxylation sites is 1. The van der Waals surface area contributed by atoms with Crippen molar-refractivity contribution in [2.45, 2.75) is 6.92 Å². The number of piperazine rings is 1. The Labute approximate surface area is 187 Å². The van der Waals surface area contributed by atoms with Crippen molar-refractivity contribution < 1.29 is 13.9 Å². The summed E-state index contributed by atoms with van der Waals surface area (Å²) in [6, 6.07) is 21.6. The van der Waals surface area contributed by atoms with Gasteiger partial charge in [-0.1, -0.05) is 18.2 Å². The van der Waals surface area contributed by atoms with Crippen molar-refractivity contribution in [2.75, 3.05) is 38.2 Å². The molecule has 6 nitrogen and oxygen atoms in total. The summed E-state index contributed by atoms with van der Waals surface area (Å²) in [6.45, 7) is 4.82. The maximum atomic E-state index is 13.7. The zero-order chi connectivity index (χ0) is 22.1. The Morgan fingerprint density at radius 2 is 1.75 bits per heavy atom. The highest BCUT2D eigenvalue weighted by Gasteiger charge is 2.25. The van der Waals surface area contributed by atoms with Gasteiger partial charge in [0.15, 0.2) is 5.76 Å². The van der Waals surface area contributed by atoms with Crippen LogP contribution in [0.4, 0.5) is 5.69 Å². The summed E-state index contributed by atoms with van der Waals surface area (Å²) in [7, 11) is 1.62. The van der Waals surface area contributed by atoms with Gasteiger partial charge in [-0.05, 0) is 55.5 Å². The van der Waals surface area contributed by atoms with Gasteiger partial charge in [0.1, 0.15) is 17.2 Å². The number of carbonyl (C=O) groups excluding carboxylic acids is 1. The van der Waals surface area contributed by atoms with Crippen LogP contribution >= 0.6 is 0 Å². The van der Waals surface area contributed by atoms with Crippen molar-refractivity contribution in [3.05, 3.63) is 78.1 Å². The number of ether oxygens (including phenoxy) is 1. The molecule has 1 aliphatic heterocycles. The topological polar surface area (TPSA) is 58.8 Å². The van der Waals surface area contributed by atoms with Crippen LogP contribution in [0, 0.1) is 6.92 Å². The molecule has 5 rings (SSSR count). The monoisotopic (exact) mass is 427 g/mol. The number of methoxy groups -OCH3 is 1. The first kappa shape index (κ1) is 20.1. The van der Waals surface area contributed by atoms with Gasteiger partial charge in [0.05, 0.1) is 18.2 Å². The van der Waals surface area contributed by atoms with Crippen molar-refractivity contribution in [1.29, 1.82) is 0 Å². The summed E-state index contributed by atoms with van der Waals surface area (Å²) in [4.78, 5) is 22.6. The first-order valence-corrected chi connectivity index (χ1v) is 10.8. The van der Waals surface area contributed by atoms with Crippen LogP contribution in [0.5, 0.6) is 5.75 Å². The SMILES string of the molecule is COc1ccc2nc(-c3ccc(C)o3)cc(C(=O)N3CCN(c4ccccc4)CC3)c2c1. The molecule has 32 heavy (non-hydrogen) atoms. The number of anilines is 1. The summed E-state index contributed by atoms with van der Waals surface area (Å²) in [5.74, 6) is 2.16. The Morgan fingerprint density at radius 1 is 0.969 bits per heavy atom. The molecule has 162 valence electrons. The fourth-order valence-electron chi connectivity index (χ4n) is 4.18. The van der Waals surface area contributed by atoms with E-state index in [0.717, 1.165) is 29.8 Å². The van der Waals surface area contributed by atoms with Crippen LogP contribution in [0.3, 0.4) is 0 Å². The number of carbonyl (C=O) groups is 1. The van der Waals surface area contributed by atoms with Gasteiger partial charge in [0.2, 0.25) is 0 Å². The van der Waals surface area contributed by atoms with E-state index in [2.05, 4.69) is 17.0 Å². The Morgan fingerprint density at radius 3 is 2.44 bits per heavy atom. The quantitative estimate of drug-likeness (QED) is 0.469. The maximum Gasteiger partial charge on any atom is 0.254 e. The van der Waals surface area contributed by atoms with E-state index in [9.17, 15) is 4.79 Å². The molecule has 0 N–H and O–H groups in total. The zero-order valence-corrected chi connectivity index (χ0v) is 18.2. The lowest BCUT2D eigenvalue weighted by molar-refractivity contribution is 0.0748. The van der Waals surface area contributed by atoms with E-state index in [1.807, 2.05) is 66.4 Å². The molecule has 2 aromatic carbocycles. The molecule has 0 aliphatic carbocycles. The van der Waals surface area contributed by atoms with Crippen molar-refractivity contribution in [2.24, 2.45) is 0 Å². The summed E-state index contributed by atoms with van der Waals surface area (Å²) in [5.41, 5.74) is 3.20. The van der Waals surface area contributed by atoms with Crippen LogP contribution in [0.2, 0.25) is 0 Å². The Balaban J connectivity index is 1.48. The predicted octanol–water partition coefficient (Wildman–Crippen LogP) is 4.77. The molecule has 3 heterocycles. The van der Waals surface area contributed by atoms with Gasteiger partial charge in [0.25, 0.3) is 5.91 Å². The van der Waals surface area contributed by atoms with Crippen molar-refractivity contribution in [3.8, 4) is 17.2 Å². The molecule has 0 radical (unpaired) electrons. The number of aromatic nitrogens is 1. The van der Waals surface area contributed by atoms with E-state index in [-0.39, 0.29) is 5.91 Å². The van der Waals surface area contributed by atoms with Crippen LogP contribution in [0.25, 0.3) is 22.4 Å². The molecule has 0 saturated carbocycles. The summed E-state index contributed by atoms with van der Waals surface area (Å²) in [6.07, 6.45) is 0. The molecular formula is C26H25N3O3. The number of benzene rings is 2. The third-order valence-electron chi connectivity index (χ3n) is 5.93. The molecule has 0 spiro atoms. The number of fused-ring (bicyclic) bond motifs is 1. The Hall–Kier alpha value is -3.80. The minimum absolute atomic E-state index is 0.00268. The van der Waals surface area contributed by atoms with Crippen LogP contribution in [-0.2, 0) is 0 Å². The lowest BCUT2D eigenvalue weighted by atomic mass is 10.0. The Bertz CT molecular complexity index is 1260. The highest BCUT2D eigenvalue weighted by Crippen LogP contribution is 2.30. The number of aryl methyl sites for hydroxylation is 1. The largest absolute Gasteiger partial charge is 0.497 e. The van der Waals surface area contributed by atoms with Gasteiger partial charge < -0.3 is 19.0 Å². The van der Waals surface area contributed by atoms with Crippen molar-refractivity contribution >= 4 is 22.5 Å². The molecule has 4 aromatic rings. The molecular weight excluding hydrogens is 402 g/mol. The standard InChI is InChI=1S/C26H25N3O3/c1-18-8-11-25(32-18)24-17-22(21-16-20(31-2)9-10-23(21)27-24)26(30)29-14-12-28(13-15-29)19-6-4-3-5-7-19/h3-11,16-17H,12-15H2,1-2H3. The molecule has 0 bridgehead atoms. The van der Waals surface area contributed by atoms with Crippen molar-refractivity contribution in [1.82, 2.24) is 9.88 Å². The number of rotatable bonds is 4. The van der Waals surface area contributed by atoms with E-state index in [4.69, 9.17) is 14.1 Å². The highest BCUT2D eigenvalue weighted by atomic mass is 16.5. The number of furan rings is 1. The maximum absolute atomic E-state index is 13.7. The lowest BCUT2D eigenvalue weighted by Gasteiger charge is -2.36. The lowest BCUT2D eigenvalue weighted by Crippen LogP contribution is -2.48. The third kappa shape index (κ3) is 3.80. The van der Waals surface area contributed by atoms with E-state index in [1.165, 1.54) is 5.69 Å². The van der Waals surface area contributed by atoms with Gasteiger partial charge in [0, 0.05) is 37.3 Å². The van der Waals surface area contributed by atoms with E-state index in [0.29, 0.717) is 35.9 Å². The van der Waals surface area contributed by atoms with E-state index in [1.54, 1.807) is 7.11 Å². The van der Waals surface area contributed by atoms with Gasteiger partial charge in [-0.25, -0.2) is 4.98 Å². The van der Waals surface area contributed by atoms with Gasteiger partial charge in [-0.3, -0.25) is 4.79 Å². The number of hydrogen-bond acceptors (Lipinski definition) is 5. The number of nitrogens with zero attached hydrogens (tertiary/aromatic N) is 3. The zero-order valence-electron chi connectivity index (χ0n) is 18.2. The van der Waals surface area contributed by atoms with Crippen LogP contribution < -0.4 is 9.64 Å². The molecule has 1 fully saturated rings. The molecule has 1 amide bonds. The van der Waals surface area contributed by atoms with Gasteiger partial charge >= 0.3 is 0 Å². The molecule has 0 atom stereocenters. The van der Waals surface area contributed by atoms with Crippen molar-refractivity contribution in [3.63, 3.8) is 0 Å². The predicted molar refractivity (Wildman–Crippen MR) is 125 cm³/mol.